The van der Waals surface area contributed by atoms with Crippen LogP contribution in [-0.4, -0.2) is 11.2 Å². The van der Waals surface area contributed by atoms with Crippen LogP contribution >= 0.6 is 22.6 Å². The average molecular weight is 369 g/mol. The Morgan fingerprint density at radius 1 is 1.26 bits per heavy atom. The number of rotatable bonds is 3. The lowest BCUT2D eigenvalue weighted by molar-refractivity contribution is 0.340. The van der Waals surface area contributed by atoms with Crippen molar-refractivity contribution in [2.24, 2.45) is 7.05 Å². The van der Waals surface area contributed by atoms with Gasteiger partial charge in [-0.1, -0.05) is 0 Å². The van der Waals surface area contributed by atoms with Gasteiger partial charge in [0.05, 0.1) is 15.9 Å². The van der Waals surface area contributed by atoms with Gasteiger partial charge in [-0.3, -0.25) is 4.79 Å². The van der Waals surface area contributed by atoms with Crippen molar-refractivity contribution in [1.29, 1.82) is 0 Å². The quantitative estimate of drug-likeness (QED) is 0.777. The second-order valence-corrected chi connectivity index (χ2v) is 5.50. The highest BCUT2D eigenvalue weighted by atomic mass is 127. The van der Waals surface area contributed by atoms with Crippen LogP contribution in [0.25, 0.3) is 11.3 Å². The molecule has 0 spiro atoms. The lowest BCUT2D eigenvalue weighted by Gasteiger charge is -2.13. The van der Waals surface area contributed by atoms with Gasteiger partial charge in [-0.15, -0.1) is 0 Å². The minimum Gasteiger partial charge on any atom is -0.494 e. The monoisotopic (exact) mass is 369 g/mol. The molecule has 1 heterocycles. The molecule has 3 nitrogen and oxygen atoms in total. The Kier molecular flexibility index (Phi) is 4.29. The minimum atomic E-state index is 0.0337. The lowest BCUT2D eigenvalue weighted by Crippen LogP contribution is -2.20. The molecular weight excluding hydrogens is 353 g/mol. The number of aromatic nitrogens is 1. The second kappa shape index (κ2) is 5.77. The first-order valence-corrected chi connectivity index (χ1v) is 7.21. The Bertz CT molecular complexity index is 662. The van der Waals surface area contributed by atoms with Gasteiger partial charge >= 0.3 is 0 Å². The molecule has 0 bridgehead atoms. The van der Waals surface area contributed by atoms with Gasteiger partial charge in [-0.2, -0.15) is 0 Å². The number of halogens is 1. The van der Waals surface area contributed by atoms with Gasteiger partial charge in [-0.05, 0) is 72.3 Å². The number of hydrogen-bond acceptors (Lipinski definition) is 2. The predicted octanol–water partition coefficient (Wildman–Crippen LogP) is 3.36. The summed E-state index contributed by atoms with van der Waals surface area (Å²) in [6, 6.07) is 9.78. The first-order chi connectivity index (χ1) is 9.04. The van der Waals surface area contributed by atoms with Gasteiger partial charge in [-0.25, -0.2) is 0 Å². The van der Waals surface area contributed by atoms with Gasteiger partial charge in [0.15, 0.2) is 0 Å². The van der Waals surface area contributed by atoms with Gasteiger partial charge < -0.3 is 9.30 Å². The molecule has 2 rings (SSSR count). The van der Waals surface area contributed by atoms with Crippen molar-refractivity contribution in [3.05, 3.63) is 49.8 Å². The molecule has 0 unspecified atom stereocenters. The summed E-state index contributed by atoms with van der Waals surface area (Å²) in [5, 5.41) is 0. The van der Waals surface area contributed by atoms with E-state index in [2.05, 4.69) is 22.6 Å². The first-order valence-electron chi connectivity index (χ1n) is 6.14. The maximum atomic E-state index is 12.0. The molecule has 0 radical (unpaired) electrons. The third-order valence-corrected chi connectivity index (χ3v) is 3.86. The van der Waals surface area contributed by atoms with Crippen LogP contribution in [0.5, 0.6) is 5.75 Å². The Labute approximate surface area is 126 Å². The summed E-state index contributed by atoms with van der Waals surface area (Å²) >= 11 is 2.06. The maximum absolute atomic E-state index is 12.0. The summed E-state index contributed by atoms with van der Waals surface area (Å²) in [7, 11) is 1.80. The van der Waals surface area contributed by atoms with Gasteiger partial charge in [0.1, 0.15) is 5.75 Å². The number of ether oxygens (including phenoxy) is 1. The molecule has 19 heavy (non-hydrogen) atoms. The van der Waals surface area contributed by atoms with E-state index in [1.54, 1.807) is 11.6 Å². The van der Waals surface area contributed by atoms with E-state index in [1.807, 2.05) is 44.2 Å². The fraction of sp³-hybridized carbons (Fsp3) is 0.267. The summed E-state index contributed by atoms with van der Waals surface area (Å²) < 4.78 is 7.89. The van der Waals surface area contributed by atoms with Gasteiger partial charge in [0.2, 0.25) is 0 Å². The topological polar surface area (TPSA) is 31.2 Å². The van der Waals surface area contributed by atoms with E-state index in [4.69, 9.17) is 4.74 Å². The molecule has 2 aromatic rings. The van der Waals surface area contributed by atoms with Crippen molar-refractivity contribution in [1.82, 2.24) is 4.57 Å². The standard InChI is InChI=1S/C15H16INO2/c1-4-19-11-5-6-12(10(2)9-11)14-8-7-13(16)15(18)17(14)3/h5-9H,4H2,1-3H3. The molecule has 0 aliphatic rings. The van der Waals surface area contributed by atoms with Crippen LogP contribution in [0.15, 0.2) is 35.1 Å². The highest BCUT2D eigenvalue weighted by Crippen LogP contribution is 2.26. The zero-order valence-corrected chi connectivity index (χ0v) is 13.4. The van der Waals surface area contributed by atoms with Crippen molar-refractivity contribution >= 4 is 22.6 Å². The molecule has 0 aliphatic carbocycles. The van der Waals surface area contributed by atoms with Crippen LogP contribution in [0, 0.1) is 10.5 Å². The van der Waals surface area contributed by atoms with Crippen molar-refractivity contribution in [3.63, 3.8) is 0 Å². The van der Waals surface area contributed by atoms with Crippen molar-refractivity contribution in [2.45, 2.75) is 13.8 Å². The molecule has 0 atom stereocenters. The summed E-state index contributed by atoms with van der Waals surface area (Å²) in [6.07, 6.45) is 0. The van der Waals surface area contributed by atoms with E-state index < -0.39 is 0 Å². The van der Waals surface area contributed by atoms with Crippen LogP contribution in [-0.2, 0) is 7.05 Å². The molecule has 4 heteroatoms. The smallest absolute Gasteiger partial charge is 0.264 e. The van der Waals surface area contributed by atoms with E-state index >= 15 is 0 Å². The normalized spacial score (nSPS) is 10.5. The molecule has 1 aromatic carbocycles. The number of nitrogens with zero attached hydrogens (tertiary/aromatic N) is 1. The Morgan fingerprint density at radius 3 is 2.63 bits per heavy atom. The lowest BCUT2D eigenvalue weighted by atomic mass is 10.0. The highest BCUT2D eigenvalue weighted by molar-refractivity contribution is 14.1. The van der Waals surface area contributed by atoms with Crippen LogP contribution in [0.3, 0.4) is 0 Å². The average Bonchev–Trinajstić information content (AvgIpc) is 2.38. The number of hydrogen-bond donors (Lipinski definition) is 0. The zero-order chi connectivity index (χ0) is 14.0. The Balaban J connectivity index is 2.54. The number of pyridine rings is 1. The van der Waals surface area contributed by atoms with E-state index in [0.717, 1.165) is 26.1 Å². The van der Waals surface area contributed by atoms with Crippen molar-refractivity contribution in [2.75, 3.05) is 6.61 Å². The molecule has 0 saturated heterocycles. The number of benzene rings is 1. The first kappa shape index (κ1) is 14.1. The molecule has 0 amide bonds. The summed E-state index contributed by atoms with van der Waals surface area (Å²) in [5.41, 5.74) is 3.11. The van der Waals surface area contributed by atoms with Gasteiger partial charge in [0.25, 0.3) is 5.56 Å². The molecule has 1 aromatic heterocycles. The summed E-state index contributed by atoms with van der Waals surface area (Å²) in [4.78, 5) is 12.0. The van der Waals surface area contributed by atoms with E-state index in [1.165, 1.54) is 0 Å². The largest absolute Gasteiger partial charge is 0.494 e. The fourth-order valence-electron chi connectivity index (χ4n) is 2.06. The van der Waals surface area contributed by atoms with Crippen LogP contribution in [0.1, 0.15) is 12.5 Å². The third-order valence-electron chi connectivity index (χ3n) is 3.04. The maximum Gasteiger partial charge on any atom is 0.264 e. The summed E-state index contributed by atoms with van der Waals surface area (Å²) in [5.74, 6) is 0.860. The molecule has 100 valence electrons. The number of aryl methyl sites for hydroxylation is 1. The molecule has 0 saturated carbocycles. The SMILES string of the molecule is CCOc1ccc(-c2ccc(I)c(=O)n2C)c(C)c1. The minimum absolute atomic E-state index is 0.0337. The highest BCUT2D eigenvalue weighted by Gasteiger charge is 2.09. The Hall–Kier alpha value is -1.30. The Morgan fingerprint density at radius 2 is 2.00 bits per heavy atom. The second-order valence-electron chi connectivity index (χ2n) is 4.34. The van der Waals surface area contributed by atoms with E-state index in [-0.39, 0.29) is 5.56 Å². The van der Waals surface area contributed by atoms with E-state index in [9.17, 15) is 4.79 Å². The third kappa shape index (κ3) is 2.83. The van der Waals surface area contributed by atoms with Crippen molar-refractivity contribution < 1.29 is 4.74 Å². The van der Waals surface area contributed by atoms with Crippen molar-refractivity contribution in [3.8, 4) is 17.0 Å². The predicted molar refractivity (Wildman–Crippen MR) is 85.7 cm³/mol. The molecule has 0 aliphatic heterocycles. The van der Waals surface area contributed by atoms with Crippen LogP contribution in [0.4, 0.5) is 0 Å². The molecule has 0 fully saturated rings. The van der Waals surface area contributed by atoms with E-state index in [0.29, 0.717) is 6.61 Å². The fourth-order valence-corrected chi connectivity index (χ4v) is 2.60. The zero-order valence-electron chi connectivity index (χ0n) is 11.2. The van der Waals surface area contributed by atoms with Crippen LogP contribution < -0.4 is 10.3 Å². The van der Waals surface area contributed by atoms with Gasteiger partial charge in [0, 0.05) is 12.6 Å². The molecular formula is C15H16INO2. The summed E-state index contributed by atoms with van der Waals surface area (Å²) in [6.45, 7) is 4.65. The van der Waals surface area contributed by atoms with Crippen LogP contribution in [0.2, 0.25) is 0 Å². The molecule has 0 N–H and O–H groups in total.